The van der Waals surface area contributed by atoms with E-state index in [0.717, 1.165) is 11.3 Å². The molecule has 0 aliphatic rings. The van der Waals surface area contributed by atoms with Crippen molar-refractivity contribution < 1.29 is 4.92 Å². The van der Waals surface area contributed by atoms with E-state index >= 15 is 0 Å². The first-order valence-electron chi connectivity index (χ1n) is 6.83. The van der Waals surface area contributed by atoms with E-state index in [-0.39, 0.29) is 11.6 Å². The van der Waals surface area contributed by atoms with Gasteiger partial charge in [-0.1, -0.05) is 12.1 Å². The number of nitrogens with two attached hydrogens (primary N) is 2. The summed E-state index contributed by atoms with van der Waals surface area (Å²) in [5.74, 6) is 0.466. The van der Waals surface area contributed by atoms with E-state index in [1.165, 1.54) is 12.1 Å². The van der Waals surface area contributed by atoms with Crippen LogP contribution in [-0.2, 0) is 6.54 Å². The van der Waals surface area contributed by atoms with Crippen molar-refractivity contribution >= 4 is 34.0 Å². The van der Waals surface area contributed by atoms with Crippen LogP contribution in [0.25, 0.3) is 10.9 Å². The molecule has 0 unspecified atom stereocenters. The molecule has 0 fully saturated rings. The summed E-state index contributed by atoms with van der Waals surface area (Å²) >= 11 is 0. The maximum atomic E-state index is 10.6. The summed E-state index contributed by atoms with van der Waals surface area (Å²) < 4.78 is 0. The molecule has 0 aliphatic heterocycles. The Balaban J connectivity index is 1.78. The summed E-state index contributed by atoms with van der Waals surface area (Å²) in [6.07, 6.45) is 0. The fourth-order valence-corrected chi connectivity index (χ4v) is 2.22. The van der Waals surface area contributed by atoms with Crippen LogP contribution in [0.1, 0.15) is 5.56 Å². The van der Waals surface area contributed by atoms with Gasteiger partial charge in [-0.25, -0.2) is 4.98 Å². The fourth-order valence-electron chi connectivity index (χ4n) is 2.22. The lowest BCUT2D eigenvalue weighted by Gasteiger charge is -2.09. The van der Waals surface area contributed by atoms with Gasteiger partial charge in [0.15, 0.2) is 0 Å². The minimum absolute atomic E-state index is 0.0713. The number of aromatic nitrogens is 2. The van der Waals surface area contributed by atoms with E-state index in [2.05, 4.69) is 15.3 Å². The highest BCUT2D eigenvalue weighted by Crippen LogP contribution is 2.23. The van der Waals surface area contributed by atoms with E-state index in [9.17, 15) is 10.1 Å². The van der Waals surface area contributed by atoms with E-state index in [4.69, 9.17) is 11.5 Å². The molecule has 0 aliphatic carbocycles. The topological polar surface area (TPSA) is 133 Å². The first kappa shape index (κ1) is 14.5. The zero-order valence-electron chi connectivity index (χ0n) is 12.1. The molecule has 5 N–H and O–H groups in total. The molecular formula is C15H14N6O2. The molecule has 1 aromatic heterocycles. The van der Waals surface area contributed by atoms with Gasteiger partial charge in [0.25, 0.3) is 5.69 Å². The van der Waals surface area contributed by atoms with Crippen molar-refractivity contribution in [3.05, 3.63) is 58.1 Å². The summed E-state index contributed by atoms with van der Waals surface area (Å²) in [4.78, 5) is 18.3. The minimum Gasteiger partial charge on any atom is -0.383 e. The molecular weight excluding hydrogens is 296 g/mol. The van der Waals surface area contributed by atoms with Gasteiger partial charge in [0.1, 0.15) is 5.82 Å². The second-order valence-corrected chi connectivity index (χ2v) is 4.98. The second kappa shape index (κ2) is 5.76. The normalized spacial score (nSPS) is 10.6. The van der Waals surface area contributed by atoms with Crippen LogP contribution >= 0.6 is 0 Å². The first-order chi connectivity index (χ1) is 11.0. The van der Waals surface area contributed by atoms with E-state index in [0.29, 0.717) is 23.3 Å². The van der Waals surface area contributed by atoms with Crippen LogP contribution in [0.2, 0.25) is 0 Å². The third-order valence-corrected chi connectivity index (χ3v) is 3.39. The Bertz CT molecular complexity index is 879. The third-order valence-electron chi connectivity index (χ3n) is 3.39. The molecule has 0 saturated carbocycles. The van der Waals surface area contributed by atoms with Crippen molar-refractivity contribution in [2.75, 3.05) is 16.8 Å². The molecule has 2 aromatic carbocycles. The molecule has 0 radical (unpaired) electrons. The maximum absolute atomic E-state index is 10.6. The number of nitro groups is 1. The number of nitrogen functional groups attached to an aromatic ring is 2. The zero-order valence-corrected chi connectivity index (χ0v) is 12.1. The summed E-state index contributed by atoms with van der Waals surface area (Å²) in [5, 5.41) is 14.6. The van der Waals surface area contributed by atoms with Gasteiger partial charge >= 0.3 is 0 Å². The lowest BCUT2D eigenvalue weighted by atomic mass is 10.2. The molecule has 0 spiro atoms. The van der Waals surface area contributed by atoms with Crippen LogP contribution in [-0.4, -0.2) is 14.9 Å². The largest absolute Gasteiger partial charge is 0.383 e. The lowest BCUT2D eigenvalue weighted by Crippen LogP contribution is -2.02. The molecule has 0 amide bonds. The van der Waals surface area contributed by atoms with Crippen molar-refractivity contribution in [3.8, 4) is 0 Å². The lowest BCUT2D eigenvalue weighted by molar-refractivity contribution is -0.384. The Kier molecular flexibility index (Phi) is 3.63. The average Bonchev–Trinajstić information content (AvgIpc) is 2.53. The molecule has 0 saturated heterocycles. The number of nitro benzene ring substituents is 1. The smallest absolute Gasteiger partial charge is 0.269 e. The van der Waals surface area contributed by atoms with Gasteiger partial charge in [-0.3, -0.25) is 10.1 Å². The van der Waals surface area contributed by atoms with Gasteiger partial charge in [-0.2, -0.15) is 4.98 Å². The highest BCUT2D eigenvalue weighted by molar-refractivity contribution is 5.91. The van der Waals surface area contributed by atoms with Crippen molar-refractivity contribution in [1.82, 2.24) is 9.97 Å². The van der Waals surface area contributed by atoms with Crippen molar-refractivity contribution in [2.45, 2.75) is 6.54 Å². The highest BCUT2D eigenvalue weighted by atomic mass is 16.6. The zero-order chi connectivity index (χ0) is 16.4. The highest BCUT2D eigenvalue weighted by Gasteiger charge is 2.06. The van der Waals surface area contributed by atoms with Crippen LogP contribution in [0.15, 0.2) is 42.5 Å². The Morgan fingerprint density at radius 1 is 1.09 bits per heavy atom. The molecule has 0 bridgehead atoms. The SMILES string of the molecule is Nc1nc(N)c2cc(NCc3ccc([N+](=O)[O-])cc3)ccc2n1. The summed E-state index contributed by atoms with van der Waals surface area (Å²) in [7, 11) is 0. The third kappa shape index (κ3) is 3.10. The van der Waals surface area contributed by atoms with Crippen LogP contribution in [0.3, 0.4) is 0 Å². The Morgan fingerprint density at radius 2 is 1.83 bits per heavy atom. The Hall–Kier alpha value is -3.42. The van der Waals surface area contributed by atoms with Gasteiger partial charge < -0.3 is 16.8 Å². The first-order valence-corrected chi connectivity index (χ1v) is 6.83. The number of non-ortho nitro benzene ring substituents is 1. The van der Waals surface area contributed by atoms with E-state index in [1.54, 1.807) is 12.1 Å². The number of hydrogen-bond acceptors (Lipinski definition) is 7. The quantitative estimate of drug-likeness (QED) is 0.497. The average molecular weight is 310 g/mol. The van der Waals surface area contributed by atoms with Gasteiger partial charge in [-0.15, -0.1) is 0 Å². The maximum Gasteiger partial charge on any atom is 0.269 e. The molecule has 8 nitrogen and oxygen atoms in total. The van der Waals surface area contributed by atoms with Crippen molar-refractivity contribution in [2.24, 2.45) is 0 Å². The number of rotatable bonds is 4. The van der Waals surface area contributed by atoms with Crippen molar-refractivity contribution in [1.29, 1.82) is 0 Å². The van der Waals surface area contributed by atoms with Crippen molar-refractivity contribution in [3.63, 3.8) is 0 Å². The van der Waals surface area contributed by atoms with Crippen LogP contribution in [0.5, 0.6) is 0 Å². The predicted molar refractivity (Wildman–Crippen MR) is 88.8 cm³/mol. The molecule has 1 heterocycles. The number of nitrogens with zero attached hydrogens (tertiary/aromatic N) is 3. The van der Waals surface area contributed by atoms with Crippen LogP contribution in [0, 0.1) is 10.1 Å². The van der Waals surface area contributed by atoms with E-state index in [1.807, 2.05) is 18.2 Å². The number of nitrogens with one attached hydrogen (secondary N) is 1. The van der Waals surface area contributed by atoms with E-state index < -0.39 is 4.92 Å². The second-order valence-electron chi connectivity index (χ2n) is 4.98. The van der Waals surface area contributed by atoms with Gasteiger partial charge in [0.2, 0.25) is 5.95 Å². The van der Waals surface area contributed by atoms with Gasteiger partial charge in [-0.05, 0) is 23.8 Å². The minimum atomic E-state index is -0.422. The molecule has 0 atom stereocenters. The fraction of sp³-hybridized carbons (Fsp3) is 0.0667. The number of anilines is 3. The van der Waals surface area contributed by atoms with Crippen LogP contribution in [0.4, 0.5) is 23.1 Å². The summed E-state index contributed by atoms with van der Waals surface area (Å²) in [6.45, 7) is 0.527. The Labute approximate surface area is 131 Å². The van der Waals surface area contributed by atoms with Crippen LogP contribution < -0.4 is 16.8 Å². The predicted octanol–water partition coefficient (Wildman–Crippen LogP) is 2.31. The standard InChI is InChI=1S/C15H14N6O2/c16-14-12-7-10(3-6-13(12)19-15(17)20-14)18-8-9-1-4-11(5-2-9)21(22)23/h1-7,18H,8H2,(H4,16,17,19,20). The monoisotopic (exact) mass is 310 g/mol. The molecule has 8 heteroatoms. The number of hydrogen-bond donors (Lipinski definition) is 3. The molecule has 3 rings (SSSR count). The number of fused-ring (bicyclic) bond motifs is 1. The summed E-state index contributed by atoms with van der Waals surface area (Å²) in [5.41, 5.74) is 13.9. The molecule has 23 heavy (non-hydrogen) atoms. The molecule has 116 valence electrons. The molecule has 3 aromatic rings. The van der Waals surface area contributed by atoms with Gasteiger partial charge in [0.05, 0.1) is 10.4 Å². The summed E-state index contributed by atoms with van der Waals surface area (Å²) in [6, 6.07) is 11.9. The number of benzene rings is 2. The Morgan fingerprint density at radius 3 is 2.52 bits per heavy atom. The van der Waals surface area contributed by atoms with Gasteiger partial charge in [0, 0.05) is 29.8 Å².